The van der Waals surface area contributed by atoms with Crippen LogP contribution in [-0.4, -0.2) is 42.1 Å². The first kappa shape index (κ1) is 18.3. The molecule has 1 aliphatic rings. The van der Waals surface area contributed by atoms with Crippen LogP contribution in [0.25, 0.3) is 11.0 Å². The molecular formula is C19H19ClFN3O3. The molecule has 0 amide bonds. The van der Waals surface area contributed by atoms with Crippen LogP contribution >= 0.6 is 11.6 Å². The average molecular weight is 392 g/mol. The summed E-state index contributed by atoms with van der Waals surface area (Å²) in [5.41, 5.74) is 1.79. The fraction of sp³-hybridized carbons (Fsp3) is 0.368. The van der Waals surface area contributed by atoms with E-state index in [1.54, 1.807) is 10.8 Å². The first-order valence-electron chi connectivity index (χ1n) is 8.65. The third-order valence-electron chi connectivity index (χ3n) is 5.45. The number of halogens is 2. The zero-order valence-corrected chi connectivity index (χ0v) is 15.3. The predicted octanol–water partition coefficient (Wildman–Crippen LogP) is 2.55. The summed E-state index contributed by atoms with van der Waals surface area (Å²) in [4.78, 5) is 8.44. The van der Waals surface area contributed by atoms with Gasteiger partial charge in [-0.1, -0.05) is 17.7 Å². The molecule has 0 radical (unpaired) electrons. The third kappa shape index (κ3) is 3.00. The Morgan fingerprint density at radius 3 is 2.74 bits per heavy atom. The van der Waals surface area contributed by atoms with Crippen LogP contribution < -0.4 is 0 Å². The lowest BCUT2D eigenvalue weighted by atomic mass is 9.92. The molecule has 2 aromatic heterocycles. The van der Waals surface area contributed by atoms with Crippen molar-refractivity contribution in [2.45, 2.75) is 37.7 Å². The van der Waals surface area contributed by atoms with Crippen molar-refractivity contribution in [2.75, 3.05) is 0 Å². The smallest absolute Gasteiger partial charge is 0.143 e. The summed E-state index contributed by atoms with van der Waals surface area (Å²) >= 11 is 5.69. The Kier molecular flexibility index (Phi) is 4.63. The van der Waals surface area contributed by atoms with E-state index >= 15 is 0 Å². The molecule has 142 valence electrons. The number of hydrogen-bond acceptors (Lipinski definition) is 5. The maximum absolute atomic E-state index is 13.7. The van der Waals surface area contributed by atoms with Crippen LogP contribution in [0.5, 0.6) is 0 Å². The molecule has 0 aliphatic heterocycles. The van der Waals surface area contributed by atoms with E-state index in [1.807, 2.05) is 13.0 Å². The third-order valence-corrected chi connectivity index (χ3v) is 5.76. The number of aromatic nitrogens is 3. The van der Waals surface area contributed by atoms with Crippen LogP contribution in [-0.2, 0) is 0 Å². The van der Waals surface area contributed by atoms with Gasteiger partial charge in [0.2, 0.25) is 0 Å². The highest BCUT2D eigenvalue weighted by Crippen LogP contribution is 2.43. The standard InChI is InChI=1S/C19H19ClFN3O3/c1-9-11-4-5-24(19(11)23-8-22-9)15-7-12(17(26)18(15)27)16(25)10-2-3-13(20)14(21)6-10/h2-6,8,12,15-18,25-27H,7H2,1H3/t12-,15-,16?,17-,18+/m1/s1. The van der Waals surface area contributed by atoms with Crippen molar-refractivity contribution in [1.82, 2.24) is 14.5 Å². The minimum absolute atomic E-state index is 0.0373. The van der Waals surface area contributed by atoms with Gasteiger partial charge in [-0.2, -0.15) is 0 Å². The molecule has 1 aliphatic carbocycles. The second-order valence-electron chi connectivity index (χ2n) is 6.99. The molecule has 1 aromatic carbocycles. The van der Waals surface area contributed by atoms with Crippen LogP contribution in [0.2, 0.25) is 5.02 Å². The van der Waals surface area contributed by atoms with Crippen molar-refractivity contribution < 1.29 is 19.7 Å². The molecule has 8 heteroatoms. The molecule has 3 aromatic rings. The Morgan fingerprint density at radius 1 is 1.22 bits per heavy atom. The predicted molar refractivity (Wildman–Crippen MR) is 97.8 cm³/mol. The molecule has 0 spiro atoms. The van der Waals surface area contributed by atoms with Crippen LogP contribution in [0.3, 0.4) is 0 Å². The van der Waals surface area contributed by atoms with E-state index in [2.05, 4.69) is 9.97 Å². The Balaban J connectivity index is 1.66. The molecule has 1 saturated carbocycles. The fourth-order valence-electron chi connectivity index (χ4n) is 3.94. The SMILES string of the molecule is Cc1ncnc2c1ccn2[C@@H]1C[C@H](C(O)c2ccc(Cl)c(F)c2)[C@@H](O)[C@H]1O. The van der Waals surface area contributed by atoms with E-state index in [0.29, 0.717) is 17.6 Å². The molecule has 4 rings (SSSR count). The summed E-state index contributed by atoms with van der Waals surface area (Å²) in [6.07, 6.45) is 0.167. The first-order valence-corrected chi connectivity index (χ1v) is 9.03. The van der Waals surface area contributed by atoms with Gasteiger partial charge in [-0.3, -0.25) is 0 Å². The minimum Gasteiger partial charge on any atom is -0.390 e. The average Bonchev–Trinajstić information content (AvgIpc) is 3.20. The lowest BCUT2D eigenvalue weighted by molar-refractivity contribution is -0.0265. The molecule has 1 unspecified atom stereocenters. The van der Waals surface area contributed by atoms with Crippen LogP contribution in [0.4, 0.5) is 4.39 Å². The van der Waals surface area contributed by atoms with Gasteiger partial charge in [0.25, 0.3) is 0 Å². The number of rotatable bonds is 3. The summed E-state index contributed by atoms with van der Waals surface area (Å²) in [6.45, 7) is 1.87. The monoisotopic (exact) mass is 391 g/mol. The van der Waals surface area contributed by atoms with Crippen molar-refractivity contribution in [3.63, 3.8) is 0 Å². The number of aryl methyl sites for hydroxylation is 1. The molecule has 27 heavy (non-hydrogen) atoms. The molecule has 2 heterocycles. The zero-order chi connectivity index (χ0) is 19.3. The Bertz CT molecular complexity index is 995. The second-order valence-corrected chi connectivity index (χ2v) is 7.39. The minimum atomic E-state index is -1.16. The van der Waals surface area contributed by atoms with E-state index in [9.17, 15) is 19.7 Å². The summed E-state index contributed by atoms with van der Waals surface area (Å²) in [5.74, 6) is -1.30. The van der Waals surface area contributed by atoms with Gasteiger partial charge in [-0.25, -0.2) is 14.4 Å². The van der Waals surface area contributed by atoms with Crippen LogP contribution in [0.1, 0.15) is 29.8 Å². The highest BCUT2D eigenvalue weighted by Gasteiger charge is 2.46. The van der Waals surface area contributed by atoms with Gasteiger partial charge in [0.1, 0.15) is 23.9 Å². The van der Waals surface area contributed by atoms with E-state index in [0.717, 1.165) is 17.1 Å². The van der Waals surface area contributed by atoms with E-state index in [-0.39, 0.29) is 5.02 Å². The van der Waals surface area contributed by atoms with Crippen molar-refractivity contribution in [3.8, 4) is 0 Å². The summed E-state index contributed by atoms with van der Waals surface area (Å²) in [6, 6.07) is 5.43. The number of benzene rings is 1. The number of aliphatic hydroxyl groups excluding tert-OH is 3. The van der Waals surface area contributed by atoms with E-state index in [1.165, 1.54) is 18.5 Å². The number of aliphatic hydroxyl groups is 3. The number of fused-ring (bicyclic) bond motifs is 1. The quantitative estimate of drug-likeness (QED) is 0.638. The van der Waals surface area contributed by atoms with Crippen molar-refractivity contribution in [3.05, 3.63) is 58.9 Å². The highest BCUT2D eigenvalue weighted by molar-refractivity contribution is 6.30. The molecule has 3 N–H and O–H groups in total. The fourth-order valence-corrected chi connectivity index (χ4v) is 4.06. The Morgan fingerprint density at radius 2 is 2.00 bits per heavy atom. The zero-order valence-electron chi connectivity index (χ0n) is 14.5. The number of nitrogens with zero attached hydrogens (tertiary/aromatic N) is 3. The Labute approximate surface area is 159 Å². The van der Waals surface area contributed by atoms with Gasteiger partial charge in [-0.05, 0) is 37.1 Å². The molecule has 0 bridgehead atoms. The maximum Gasteiger partial charge on any atom is 0.143 e. The summed E-state index contributed by atoms with van der Waals surface area (Å²) in [7, 11) is 0. The normalized spacial score (nSPS) is 26.6. The number of hydrogen-bond donors (Lipinski definition) is 3. The van der Waals surface area contributed by atoms with Crippen LogP contribution in [0, 0.1) is 18.7 Å². The van der Waals surface area contributed by atoms with Gasteiger partial charge < -0.3 is 19.9 Å². The van der Waals surface area contributed by atoms with Crippen molar-refractivity contribution in [1.29, 1.82) is 0 Å². The molecule has 6 nitrogen and oxygen atoms in total. The topological polar surface area (TPSA) is 91.4 Å². The van der Waals surface area contributed by atoms with E-state index in [4.69, 9.17) is 11.6 Å². The lowest BCUT2D eigenvalue weighted by Gasteiger charge is -2.22. The summed E-state index contributed by atoms with van der Waals surface area (Å²) in [5, 5.41) is 32.6. The van der Waals surface area contributed by atoms with E-state index < -0.39 is 36.1 Å². The maximum atomic E-state index is 13.7. The molecule has 0 saturated heterocycles. The van der Waals surface area contributed by atoms with Crippen molar-refractivity contribution >= 4 is 22.6 Å². The Hall–Kier alpha value is -2.06. The van der Waals surface area contributed by atoms with Gasteiger partial charge in [0.15, 0.2) is 0 Å². The molecular weight excluding hydrogens is 373 g/mol. The molecule has 5 atom stereocenters. The van der Waals surface area contributed by atoms with Gasteiger partial charge in [0.05, 0.1) is 29.0 Å². The van der Waals surface area contributed by atoms with Gasteiger partial charge in [0, 0.05) is 17.5 Å². The van der Waals surface area contributed by atoms with Gasteiger partial charge in [-0.15, -0.1) is 0 Å². The summed E-state index contributed by atoms with van der Waals surface area (Å²) < 4.78 is 15.5. The highest BCUT2D eigenvalue weighted by atomic mass is 35.5. The van der Waals surface area contributed by atoms with Crippen molar-refractivity contribution in [2.24, 2.45) is 5.92 Å². The van der Waals surface area contributed by atoms with Gasteiger partial charge >= 0.3 is 0 Å². The van der Waals surface area contributed by atoms with Crippen LogP contribution in [0.15, 0.2) is 36.8 Å². The lowest BCUT2D eigenvalue weighted by Crippen LogP contribution is -2.31. The largest absolute Gasteiger partial charge is 0.390 e. The first-order chi connectivity index (χ1) is 12.9. The second kappa shape index (κ2) is 6.83. The molecule has 1 fully saturated rings.